The zero-order valence-corrected chi connectivity index (χ0v) is 11.0. The summed E-state index contributed by atoms with van der Waals surface area (Å²) in [6, 6.07) is 1.15. The maximum Gasteiger partial charge on any atom is 0.0616 e. The highest BCUT2D eigenvalue weighted by molar-refractivity contribution is 4.92. The third kappa shape index (κ3) is 4.12. The third-order valence-corrected chi connectivity index (χ3v) is 3.40. The van der Waals surface area contributed by atoms with Crippen LogP contribution in [0, 0.1) is 11.3 Å². The van der Waals surface area contributed by atoms with Gasteiger partial charge >= 0.3 is 0 Å². The Morgan fingerprint density at radius 1 is 1.40 bits per heavy atom. The monoisotopic (exact) mass is 213 g/mol. The molecule has 0 amide bonds. The predicted molar refractivity (Wildman–Crippen MR) is 65.1 cm³/mol. The van der Waals surface area contributed by atoms with E-state index in [1.54, 1.807) is 0 Å². The first kappa shape index (κ1) is 13.0. The van der Waals surface area contributed by atoms with E-state index >= 15 is 0 Å². The first-order chi connectivity index (χ1) is 6.94. The van der Waals surface area contributed by atoms with Crippen LogP contribution in [0.25, 0.3) is 0 Å². The van der Waals surface area contributed by atoms with E-state index in [0.29, 0.717) is 17.5 Å². The van der Waals surface area contributed by atoms with Crippen molar-refractivity contribution in [3.8, 4) is 0 Å². The van der Waals surface area contributed by atoms with Crippen molar-refractivity contribution in [3.05, 3.63) is 0 Å². The quantitative estimate of drug-likeness (QED) is 0.758. The molecule has 1 saturated carbocycles. The molecule has 0 aliphatic heterocycles. The molecule has 15 heavy (non-hydrogen) atoms. The fraction of sp³-hybridized carbons (Fsp3) is 1.00. The molecular formula is C13H27NO. The number of ether oxygens (including phenoxy) is 1. The molecule has 1 fully saturated rings. The molecule has 0 spiro atoms. The van der Waals surface area contributed by atoms with Crippen molar-refractivity contribution in [3.63, 3.8) is 0 Å². The molecule has 1 N–H and O–H groups in total. The molecule has 3 unspecified atom stereocenters. The minimum absolute atomic E-state index is 0.478. The van der Waals surface area contributed by atoms with E-state index in [4.69, 9.17) is 4.74 Å². The van der Waals surface area contributed by atoms with Crippen LogP contribution in [0.15, 0.2) is 0 Å². The Balaban J connectivity index is 2.32. The van der Waals surface area contributed by atoms with Crippen molar-refractivity contribution in [2.75, 3.05) is 13.2 Å². The minimum atomic E-state index is 0.478. The number of hydrogen-bond acceptors (Lipinski definition) is 2. The Hall–Kier alpha value is -0.0800. The van der Waals surface area contributed by atoms with Gasteiger partial charge in [-0.25, -0.2) is 0 Å². The lowest BCUT2D eigenvalue weighted by Crippen LogP contribution is -2.40. The van der Waals surface area contributed by atoms with Gasteiger partial charge in [0.15, 0.2) is 0 Å². The van der Waals surface area contributed by atoms with Crippen LogP contribution in [-0.2, 0) is 4.74 Å². The van der Waals surface area contributed by atoms with Gasteiger partial charge in [0.05, 0.1) is 6.61 Å². The van der Waals surface area contributed by atoms with Crippen LogP contribution in [0.3, 0.4) is 0 Å². The summed E-state index contributed by atoms with van der Waals surface area (Å²) < 4.78 is 5.43. The highest BCUT2D eigenvalue weighted by atomic mass is 16.5. The fourth-order valence-electron chi connectivity index (χ4n) is 2.83. The van der Waals surface area contributed by atoms with Crippen LogP contribution in [0.4, 0.5) is 0 Å². The van der Waals surface area contributed by atoms with Gasteiger partial charge in [0.2, 0.25) is 0 Å². The average molecular weight is 213 g/mol. The van der Waals surface area contributed by atoms with Crippen LogP contribution in [-0.4, -0.2) is 25.3 Å². The summed E-state index contributed by atoms with van der Waals surface area (Å²) in [4.78, 5) is 0. The normalized spacial score (nSPS) is 31.8. The van der Waals surface area contributed by atoms with Crippen LogP contribution >= 0.6 is 0 Å². The van der Waals surface area contributed by atoms with E-state index in [1.165, 1.54) is 12.8 Å². The lowest BCUT2D eigenvalue weighted by molar-refractivity contribution is 0.121. The maximum absolute atomic E-state index is 5.43. The van der Waals surface area contributed by atoms with Gasteiger partial charge in [0, 0.05) is 18.7 Å². The molecule has 0 aromatic carbocycles. The Bertz CT molecular complexity index is 191. The molecule has 2 heteroatoms. The van der Waals surface area contributed by atoms with Crippen LogP contribution < -0.4 is 5.32 Å². The summed E-state index contributed by atoms with van der Waals surface area (Å²) in [6.45, 7) is 13.0. The van der Waals surface area contributed by atoms with Gasteiger partial charge in [0.25, 0.3) is 0 Å². The number of nitrogens with one attached hydrogen (secondary N) is 1. The van der Waals surface area contributed by atoms with E-state index in [0.717, 1.165) is 19.1 Å². The van der Waals surface area contributed by atoms with Crippen molar-refractivity contribution < 1.29 is 4.74 Å². The van der Waals surface area contributed by atoms with E-state index in [1.807, 2.05) is 6.92 Å². The number of rotatable bonds is 5. The molecule has 0 heterocycles. The zero-order valence-electron chi connectivity index (χ0n) is 11.0. The molecule has 1 aliphatic rings. The van der Waals surface area contributed by atoms with Gasteiger partial charge in [-0.2, -0.15) is 0 Å². The Kier molecular flexibility index (Phi) is 4.60. The minimum Gasteiger partial charge on any atom is -0.380 e. The summed E-state index contributed by atoms with van der Waals surface area (Å²) in [5.74, 6) is 0.795. The van der Waals surface area contributed by atoms with Crippen molar-refractivity contribution in [2.24, 2.45) is 11.3 Å². The molecule has 1 rings (SSSR count). The molecule has 2 nitrogen and oxygen atoms in total. The molecule has 0 aromatic rings. The molecule has 0 bridgehead atoms. The van der Waals surface area contributed by atoms with Crippen LogP contribution in [0.2, 0.25) is 0 Å². The molecule has 0 radical (unpaired) electrons. The van der Waals surface area contributed by atoms with Crippen molar-refractivity contribution in [2.45, 2.75) is 59.5 Å². The van der Waals surface area contributed by atoms with Gasteiger partial charge < -0.3 is 10.1 Å². The SMILES string of the molecule is CCOCC(C)NC1CC(C)(C)CC1C. The van der Waals surface area contributed by atoms with Gasteiger partial charge in [0.1, 0.15) is 0 Å². The summed E-state index contributed by atoms with van der Waals surface area (Å²) in [5, 5.41) is 3.69. The second kappa shape index (κ2) is 5.31. The Morgan fingerprint density at radius 2 is 2.07 bits per heavy atom. The smallest absolute Gasteiger partial charge is 0.0616 e. The lowest BCUT2D eigenvalue weighted by Gasteiger charge is -2.23. The van der Waals surface area contributed by atoms with E-state index in [2.05, 4.69) is 33.0 Å². The highest BCUT2D eigenvalue weighted by Gasteiger charge is 2.36. The standard InChI is InChI=1S/C13H27NO/c1-6-15-9-11(3)14-12-8-13(4,5)7-10(12)2/h10-12,14H,6-9H2,1-5H3. The first-order valence-electron chi connectivity index (χ1n) is 6.28. The highest BCUT2D eigenvalue weighted by Crippen LogP contribution is 2.40. The summed E-state index contributed by atoms with van der Waals surface area (Å²) >= 11 is 0. The summed E-state index contributed by atoms with van der Waals surface area (Å²) in [7, 11) is 0. The average Bonchev–Trinajstić information content (AvgIpc) is 2.36. The molecule has 3 atom stereocenters. The summed E-state index contributed by atoms with van der Waals surface area (Å²) in [6.07, 6.45) is 2.64. The maximum atomic E-state index is 5.43. The van der Waals surface area contributed by atoms with Gasteiger partial charge in [-0.15, -0.1) is 0 Å². The predicted octanol–water partition coefficient (Wildman–Crippen LogP) is 2.83. The van der Waals surface area contributed by atoms with Gasteiger partial charge in [-0.3, -0.25) is 0 Å². The van der Waals surface area contributed by atoms with Crippen molar-refractivity contribution in [1.29, 1.82) is 0 Å². The van der Waals surface area contributed by atoms with E-state index in [9.17, 15) is 0 Å². The van der Waals surface area contributed by atoms with Crippen LogP contribution in [0.1, 0.15) is 47.5 Å². The van der Waals surface area contributed by atoms with E-state index in [-0.39, 0.29) is 0 Å². The Labute approximate surface area is 94.8 Å². The third-order valence-electron chi connectivity index (χ3n) is 3.40. The zero-order chi connectivity index (χ0) is 11.5. The van der Waals surface area contributed by atoms with Gasteiger partial charge in [-0.1, -0.05) is 20.8 Å². The van der Waals surface area contributed by atoms with Crippen LogP contribution in [0.5, 0.6) is 0 Å². The molecule has 0 saturated heterocycles. The second-order valence-electron chi connectivity index (χ2n) is 5.88. The summed E-state index contributed by atoms with van der Waals surface area (Å²) in [5.41, 5.74) is 0.516. The molecule has 90 valence electrons. The largest absolute Gasteiger partial charge is 0.380 e. The molecule has 0 aromatic heterocycles. The first-order valence-corrected chi connectivity index (χ1v) is 6.28. The molecule has 1 aliphatic carbocycles. The number of hydrogen-bond donors (Lipinski definition) is 1. The van der Waals surface area contributed by atoms with Crippen molar-refractivity contribution in [1.82, 2.24) is 5.32 Å². The lowest BCUT2D eigenvalue weighted by atomic mass is 9.91. The molecular weight excluding hydrogens is 186 g/mol. The fourth-order valence-corrected chi connectivity index (χ4v) is 2.83. The van der Waals surface area contributed by atoms with Gasteiger partial charge in [-0.05, 0) is 38.0 Å². The Morgan fingerprint density at radius 3 is 2.53 bits per heavy atom. The second-order valence-corrected chi connectivity index (χ2v) is 5.88. The van der Waals surface area contributed by atoms with E-state index < -0.39 is 0 Å². The van der Waals surface area contributed by atoms with Crippen molar-refractivity contribution >= 4 is 0 Å². The topological polar surface area (TPSA) is 21.3 Å².